The second-order valence-electron chi connectivity index (χ2n) is 7.10. The summed E-state index contributed by atoms with van der Waals surface area (Å²) in [6, 6.07) is 28.8. The van der Waals surface area contributed by atoms with E-state index in [4.69, 9.17) is 8.83 Å². The summed E-state index contributed by atoms with van der Waals surface area (Å²) in [5.41, 5.74) is 6.35. The summed E-state index contributed by atoms with van der Waals surface area (Å²) in [7, 11) is 0. The van der Waals surface area contributed by atoms with Crippen LogP contribution in [0.1, 0.15) is 11.1 Å². The van der Waals surface area contributed by atoms with Gasteiger partial charge in [0.15, 0.2) is 0 Å². The summed E-state index contributed by atoms with van der Waals surface area (Å²) < 4.78 is 11.6. The molecule has 136 valence electrons. The lowest BCUT2D eigenvalue weighted by Gasteiger charge is -1.91. The molecule has 4 aromatic carbocycles. The minimum Gasteiger partial charge on any atom is -0.456 e. The highest BCUT2D eigenvalue weighted by Crippen LogP contribution is 2.32. The molecule has 2 aromatic heterocycles. The van der Waals surface area contributed by atoms with E-state index in [1.807, 2.05) is 36.4 Å². The van der Waals surface area contributed by atoms with Gasteiger partial charge in [-0.05, 0) is 37.1 Å². The number of aryl methyl sites for hydroxylation is 2. The van der Waals surface area contributed by atoms with Crippen molar-refractivity contribution < 1.29 is 8.83 Å². The smallest absolute Gasteiger partial charge is 0.138 e. The fraction of sp³-hybridized carbons (Fsp3) is 0.0769. The number of benzene rings is 4. The molecule has 2 heterocycles. The Bertz CT molecular complexity index is 1330. The van der Waals surface area contributed by atoms with Crippen LogP contribution in [0.4, 0.5) is 0 Å². The summed E-state index contributed by atoms with van der Waals surface area (Å²) in [6.07, 6.45) is 0. The van der Waals surface area contributed by atoms with Gasteiger partial charge in [0.05, 0.1) is 0 Å². The van der Waals surface area contributed by atoms with E-state index in [2.05, 4.69) is 62.4 Å². The molecule has 0 radical (unpaired) electrons. The molecule has 0 unspecified atom stereocenters. The Morgan fingerprint density at radius 3 is 1.36 bits per heavy atom. The van der Waals surface area contributed by atoms with Crippen molar-refractivity contribution in [3.63, 3.8) is 0 Å². The van der Waals surface area contributed by atoms with Gasteiger partial charge in [0.1, 0.15) is 22.3 Å². The van der Waals surface area contributed by atoms with Crippen molar-refractivity contribution in [1.82, 2.24) is 0 Å². The average Bonchev–Trinajstić information content (AvgIpc) is 3.29. The zero-order valence-corrected chi connectivity index (χ0v) is 15.9. The summed E-state index contributed by atoms with van der Waals surface area (Å²) in [4.78, 5) is 0. The van der Waals surface area contributed by atoms with Crippen LogP contribution < -0.4 is 0 Å². The zero-order valence-electron chi connectivity index (χ0n) is 15.9. The van der Waals surface area contributed by atoms with Crippen molar-refractivity contribution in [3.05, 3.63) is 96.1 Å². The van der Waals surface area contributed by atoms with Gasteiger partial charge in [0, 0.05) is 21.5 Å². The maximum Gasteiger partial charge on any atom is 0.138 e. The standard InChI is InChI=1S/C14H12O.C12H8O/c1-9-5-3-7-11-12-8-4-6-10(2)14(12)15-13(9)11;1-3-7-11-9(5-1)10-6-2-4-8-12(10)13-11/h3-8H,1-2H3;1-8H. The molecule has 0 atom stereocenters. The van der Waals surface area contributed by atoms with Crippen LogP contribution in [-0.2, 0) is 0 Å². The number of furan rings is 2. The molecule has 0 aliphatic carbocycles. The van der Waals surface area contributed by atoms with Gasteiger partial charge in [-0.3, -0.25) is 0 Å². The van der Waals surface area contributed by atoms with Gasteiger partial charge >= 0.3 is 0 Å². The van der Waals surface area contributed by atoms with Crippen LogP contribution in [0.3, 0.4) is 0 Å². The Morgan fingerprint density at radius 1 is 0.429 bits per heavy atom. The van der Waals surface area contributed by atoms with Crippen LogP contribution >= 0.6 is 0 Å². The van der Waals surface area contributed by atoms with Crippen LogP contribution in [0.5, 0.6) is 0 Å². The Hall–Kier alpha value is -3.52. The molecule has 0 N–H and O–H groups in total. The largest absolute Gasteiger partial charge is 0.456 e. The number of para-hydroxylation sites is 4. The highest BCUT2D eigenvalue weighted by molar-refractivity contribution is 6.06. The van der Waals surface area contributed by atoms with Gasteiger partial charge in [-0.2, -0.15) is 0 Å². The molecule has 2 nitrogen and oxygen atoms in total. The van der Waals surface area contributed by atoms with E-state index < -0.39 is 0 Å². The fourth-order valence-corrected chi connectivity index (χ4v) is 3.78. The molecule has 0 aliphatic heterocycles. The van der Waals surface area contributed by atoms with Gasteiger partial charge in [-0.1, -0.05) is 72.8 Å². The molecule has 0 fully saturated rings. The molecule has 0 amide bonds. The Kier molecular flexibility index (Phi) is 3.91. The fourth-order valence-electron chi connectivity index (χ4n) is 3.78. The van der Waals surface area contributed by atoms with Gasteiger partial charge in [0.2, 0.25) is 0 Å². The predicted molar refractivity (Wildman–Crippen MR) is 117 cm³/mol. The Balaban J connectivity index is 0.000000123. The first-order chi connectivity index (χ1) is 13.7. The summed E-state index contributed by atoms with van der Waals surface area (Å²) in [5, 5.41) is 4.82. The van der Waals surface area contributed by atoms with Gasteiger partial charge in [0.25, 0.3) is 0 Å². The number of hydrogen-bond acceptors (Lipinski definition) is 2. The van der Waals surface area contributed by atoms with Crippen LogP contribution in [-0.4, -0.2) is 0 Å². The second-order valence-corrected chi connectivity index (χ2v) is 7.10. The Morgan fingerprint density at radius 2 is 0.857 bits per heavy atom. The topological polar surface area (TPSA) is 26.3 Å². The monoisotopic (exact) mass is 364 g/mol. The zero-order chi connectivity index (χ0) is 19.1. The Labute approximate surface area is 163 Å². The maximum absolute atomic E-state index is 5.91. The molecule has 6 aromatic rings. The lowest BCUT2D eigenvalue weighted by molar-refractivity contribution is 0.662. The predicted octanol–water partition coefficient (Wildman–Crippen LogP) is 7.79. The molecule has 6 rings (SSSR count). The van der Waals surface area contributed by atoms with E-state index in [0.717, 1.165) is 22.3 Å². The van der Waals surface area contributed by atoms with Crippen LogP contribution in [0, 0.1) is 13.8 Å². The van der Waals surface area contributed by atoms with Crippen molar-refractivity contribution in [2.24, 2.45) is 0 Å². The molecular formula is C26H20O2. The van der Waals surface area contributed by atoms with Crippen molar-refractivity contribution in [1.29, 1.82) is 0 Å². The first-order valence-corrected chi connectivity index (χ1v) is 9.46. The molecule has 0 bridgehead atoms. The first kappa shape index (κ1) is 16.6. The van der Waals surface area contributed by atoms with Gasteiger partial charge < -0.3 is 8.83 Å². The highest BCUT2D eigenvalue weighted by atomic mass is 16.3. The molecule has 0 spiro atoms. The molecule has 28 heavy (non-hydrogen) atoms. The minimum atomic E-state index is 0.962. The normalized spacial score (nSPS) is 11.2. The third-order valence-electron chi connectivity index (χ3n) is 5.20. The third-order valence-corrected chi connectivity index (χ3v) is 5.20. The summed E-state index contributed by atoms with van der Waals surface area (Å²) in [5.74, 6) is 0. The lowest BCUT2D eigenvalue weighted by atomic mass is 10.1. The number of hydrogen-bond donors (Lipinski definition) is 0. The number of fused-ring (bicyclic) bond motifs is 6. The summed E-state index contributed by atoms with van der Waals surface area (Å²) >= 11 is 0. The molecule has 0 saturated heterocycles. The van der Waals surface area contributed by atoms with Crippen molar-refractivity contribution >= 4 is 43.9 Å². The first-order valence-electron chi connectivity index (χ1n) is 9.46. The van der Waals surface area contributed by atoms with E-state index in [1.54, 1.807) is 0 Å². The van der Waals surface area contributed by atoms with Crippen LogP contribution in [0.2, 0.25) is 0 Å². The highest BCUT2D eigenvalue weighted by Gasteiger charge is 2.09. The molecule has 0 aliphatic rings. The van der Waals surface area contributed by atoms with E-state index in [1.165, 1.54) is 32.7 Å². The molecular weight excluding hydrogens is 344 g/mol. The second kappa shape index (κ2) is 6.58. The average molecular weight is 364 g/mol. The minimum absolute atomic E-state index is 0.962. The van der Waals surface area contributed by atoms with E-state index in [0.29, 0.717) is 0 Å². The van der Waals surface area contributed by atoms with Crippen molar-refractivity contribution in [3.8, 4) is 0 Å². The van der Waals surface area contributed by atoms with E-state index >= 15 is 0 Å². The third kappa shape index (κ3) is 2.66. The van der Waals surface area contributed by atoms with Crippen LogP contribution in [0.25, 0.3) is 43.9 Å². The molecule has 0 saturated carbocycles. The van der Waals surface area contributed by atoms with Crippen molar-refractivity contribution in [2.45, 2.75) is 13.8 Å². The molecule has 2 heteroatoms. The van der Waals surface area contributed by atoms with E-state index in [-0.39, 0.29) is 0 Å². The summed E-state index contributed by atoms with van der Waals surface area (Å²) in [6.45, 7) is 4.17. The van der Waals surface area contributed by atoms with Crippen LogP contribution in [0.15, 0.2) is 93.8 Å². The van der Waals surface area contributed by atoms with E-state index in [9.17, 15) is 0 Å². The van der Waals surface area contributed by atoms with Crippen molar-refractivity contribution in [2.75, 3.05) is 0 Å². The van der Waals surface area contributed by atoms with Gasteiger partial charge in [-0.15, -0.1) is 0 Å². The SMILES string of the molecule is Cc1cccc2c1oc1c(C)cccc12.c1ccc2c(c1)oc1ccccc12. The van der Waals surface area contributed by atoms with Gasteiger partial charge in [-0.25, -0.2) is 0 Å². The quantitative estimate of drug-likeness (QED) is 0.275. The maximum atomic E-state index is 5.91. The lowest BCUT2D eigenvalue weighted by Crippen LogP contribution is -1.71. The number of rotatable bonds is 0.